The summed E-state index contributed by atoms with van der Waals surface area (Å²) in [6.45, 7) is 6.35. The molecule has 0 N–H and O–H groups in total. The number of esters is 3. The van der Waals surface area contributed by atoms with Crippen LogP contribution in [0.5, 0.6) is 0 Å². The molecular weight excluding hydrogens is 985 g/mol. The number of rotatable bonds is 58. The van der Waals surface area contributed by atoms with E-state index in [1.165, 1.54) is 77.0 Å². The van der Waals surface area contributed by atoms with E-state index in [-0.39, 0.29) is 31.1 Å². The van der Waals surface area contributed by atoms with Gasteiger partial charge < -0.3 is 14.2 Å². The van der Waals surface area contributed by atoms with Crippen LogP contribution in [0, 0.1) is 0 Å². The largest absolute Gasteiger partial charge is 0.462 e. The Bertz CT molecular complexity index is 1750. The molecule has 0 aliphatic rings. The van der Waals surface area contributed by atoms with Crippen LogP contribution in [-0.4, -0.2) is 37.2 Å². The van der Waals surface area contributed by atoms with Crippen LogP contribution in [0.2, 0.25) is 0 Å². The van der Waals surface area contributed by atoms with Crippen LogP contribution in [0.15, 0.2) is 146 Å². The molecule has 0 aromatic heterocycles. The maximum Gasteiger partial charge on any atom is 0.306 e. The highest BCUT2D eigenvalue weighted by Crippen LogP contribution is 2.15. The summed E-state index contributed by atoms with van der Waals surface area (Å²) >= 11 is 0. The molecular formula is C74H120O6. The van der Waals surface area contributed by atoms with Gasteiger partial charge in [0, 0.05) is 19.3 Å². The zero-order chi connectivity index (χ0) is 57.8. The van der Waals surface area contributed by atoms with E-state index < -0.39 is 6.10 Å². The molecule has 1 atom stereocenters. The van der Waals surface area contributed by atoms with E-state index in [0.29, 0.717) is 19.3 Å². The van der Waals surface area contributed by atoms with Crippen LogP contribution in [0.3, 0.4) is 0 Å². The molecule has 0 aliphatic carbocycles. The van der Waals surface area contributed by atoms with Gasteiger partial charge in [0.15, 0.2) is 6.10 Å². The fourth-order valence-corrected chi connectivity index (χ4v) is 8.69. The lowest BCUT2D eigenvalue weighted by Gasteiger charge is -2.18. The Balaban J connectivity index is 4.39. The van der Waals surface area contributed by atoms with Gasteiger partial charge in [0.05, 0.1) is 0 Å². The molecule has 0 fully saturated rings. The molecule has 0 heterocycles. The van der Waals surface area contributed by atoms with Crippen molar-refractivity contribution in [1.82, 2.24) is 0 Å². The van der Waals surface area contributed by atoms with E-state index >= 15 is 0 Å². The summed E-state index contributed by atoms with van der Waals surface area (Å²) in [7, 11) is 0. The number of carbonyl (C=O) groups is 3. The molecule has 0 saturated heterocycles. The Labute approximate surface area is 493 Å². The van der Waals surface area contributed by atoms with Crippen molar-refractivity contribution in [3.05, 3.63) is 146 Å². The highest BCUT2D eigenvalue weighted by atomic mass is 16.6. The van der Waals surface area contributed by atoms with Crippen LogP contribution in [0.25, 0.3) is 0 Å². The van der Waals surface area contributed by atoms with Gasteiger partial charge in [0.25, 0.3) is 0 Å². The van der Waals surface area contributed by atoms with Crippen LogP contribution < -0.4 is 0 Å². The predicted octanol–water partition coefficient (Wildman–Crippen LogP) is 22.7. The summed E-state index contributed by atoms with van der Waals surface area (Å²) in [6.07, 6.45) is 95.6. The van der Waals surface area contributed by atoms with Gasteiger partial charge in [0.1, 0.15) is 13.2 Å². The average Bonchev–Trinajstić information content (AvgIpc) is 3.46. The van der Waals surface area contributed by atoms with E-state index in [1.54, 1.807) is 0 Å². The van der Waals surface area contributed by atoms with Crippen LogP contribution >= 0.6 is 0 Å². The highest BCUT2D eigenvalue weighted by Gasteiger charge is 2.19. The molecule has 6 heteroatoms. The molecule has 0 aromatic carbocycles. The number of hydrogen-bond donors (Lipinski definition) is 0. The lowest BCUT2D eigenvalue weighted by Crippen LogP contribution is -2.30. The Morgan fingerprint density at radius 3 is 0.762 bits per heavy atom. The van der Waals surface area contributed by atoms with E-state index in [0.717, 1.165) is 167 Å². The quantitative estimate of drug-likeness (QED) is 0.0261. The highest BCUT2D eigenvalue weighted by molar-refractivity contribution is 5.71. The third-order valence-electron chi connectivity index (χ3n) is 13.6. The van der Waals surface area contributed by atoms with Gasteiger partial charge in [-0.3, -0.25) is 14.4 Å². The second-order valence-electron chi connectivity index (χ2n) is 21.3. The van der Waals surface area contributed by atoms with Crippen molar-refractivity contribution in [3.63, 3.8) is 0 Å². The van der Waals surface area contributed by atoms with Crippen molar-refractivity contribution in [1.29, 1.82) is 0 Å². The second kappa shape index (κ2) is 66.8. The minimum atomic E-state index is -0.803. The molecule has 1 unspecified atom stereocenters. The summed E-state index contributed by atoms with van der Waals surface area (Å²) in [5, 5.41) is 0. The van der Waals surface area contributed by atoms with E-state index in [9.17, 15) is 14.4 Å². The zero-order valence-electron chi connectivity index (χ0n) is 51.8. The smallest absolute Gasteiger partial charge is 0.306 e. The standard InChI is InChI=1S/C74H120O6/c1-4-7-10-13-16-19-22-25-28-30-32-34-35-36-37-38-39-41-42-44-46-49-52-55-58-61-64-67-73(76)79-70-71(69-78-72(75)66-63-60-57-54-51-48-27-24-21-18-15-12-9-6-3)80-74(77)68-65-62-59-56-53-50-47-45-43-40-33-31-29-26-23-20-17-14-11-8-5-2/h7-8,10-11,15-20,24-29,32-34,36-37,40,45,47,71H,4-6,9,12-14,21-23,30-31,35,38-39,41-44,46,48-70H2,1-3H3/b10-7-,11-8-,18-15-,19-16-,20-17-,27-24-,28-25-,29-26-,34-32-,37-36-,40-33-,47-45-. The van der Waals surface area contributed by atoms with Gasteiger partial charge in [-0.25, -0.2) is 0 Å². The molecule has 0 amide bonds. The SMILES string of the molecule is CC/C=C\C/C=C\C/C=C\C/C=C\C/C=C\CCCCCCCCCCCCCC(=O)OCC(COC(=O)CCCCCCC/C=C\C/C=C\CCCC)OC(=O)CCCCCCC/C=C\C/C=C\C/C=C\C/C=C\C/C=C\CC. The number of allylic oxidation sites excluding steroid dienone is 24. The average molecular weight is 1110 g/mol. The van der Waals surface area contributed by atoms with Gasteiger partial charge in [-0.1, -0.05) is 276 Å². The lowest BCUT2D eigenvalue weighted by molar-refractivity contribution is -0.167. The Kier molecular flexibility index (Phi) is 62.9. The number of hydrogen-bond acceptors (Lipinski definition) is 6. The summed E-state index contributed by atoms with van der Waals surface area (Å²) in [5.74, 6) is -0.931. The third-order valence-corrected chi connectivity index (χ3v) is 13.6. The van der Waals surface area contributed by atoms with Crippen LogP contribution in [0.4, 0.5) is 0 Å². The zero-order valence-corrected chi connectivity index (χ0v) is 51.8. The fraction of sp³-hybridized carbons (Fsp3) is 0.635. The van der Waals surface area contributed by atoms with Gasteiger partial charge in [-0.05, 0) is 135 Å². The first-order valence-corrected chi connectivity index (χ1v) is 32.8. The van der Waals surface area contributed by atoms with E-state index in [4.69, 9.17) is 14.2 Å². The minimum absolute atomic E-state index is 0.0966. The monoisotopic (exact) mass is 1100 g/mol. The number of carbonyl (C=O) groups excluding carboxylic acids is 3. The maximum atomic E-state index is 12.9. The maximum absolute atomic E-state index is 12.9. The third kappa shape index (κ3) is 64.1. The lowest BCUT2D eigenvalue weighted by atomic mass is 10.0. The topological polar surface area (TPSA) is 78.9 Å². The number of unbranched alkanes of at least 4 members (excludes halogenated alkanes) is 23. The Morgan fingerprint density at radius 2 is 0.487 bits per heavy atom. The summed E-state index contributed by atoms with van der Waals surface area (Å²) in [6, 6.07) is 0. The molecule has 0 rings (SSSR count). The van der Waals surface area contributed by atoms with Gasteiger partial charge in [-0.2, -0.15) is 0 Å². The van der Waals surface area contributed by atoms with Crippen LogP contribution in [0.1, 0.15) is 284 Å². The molecule has 0 aromatic rings. The van der Waals surface area contributed by atoms with Crippen molar-refractivity contribution in [2.24, 2.45) is 0 Å². The molecule has 452 valence electrons. The first-order valence-electron chi connectivity index (χ1n) is 32.8. The van der Waals surface area contributed by atoms with Crippen molar-refractivity contribution in [2.75, 3.05) is 13.2 Å². The van der Waals surface area contributed by atoms with Crippen LogP contribution in [-0.2, 0) is 28.6 Å². The van der Waals surface area contributed by atoms with E-state index in [2.05, 4.69) is 167 Å². The molecule has 0 saturated carbocycles. The molecule has 6 nitrogen and oxygen atoms in total. The summed E-state index contributed by atoms with van der Waals surface area (Å²) < 4.78 is 16.9. The Morgan fingerprint density at radius 1 is 0.263 bits per heavy atom. The molecule has 0 spiro atoms. The van der Waals surface area contributed by atoms with Crippen molar-refractivity contribution in [2.45, 2.75) is 290 Å². The summed E-state index contributed by atoms with van der Waals surface area (Å²) in [4.78, 5) is 38.4. The normalized spacial score (nSPS) is 13.1. The Hall–Kier alpha value is -4.71. The van der Waals surface area contributed by atoms with Gasteiger partial charge in [0.2, 0.25) is 0 Å². The predicted molar refractivity (Wildman–Crippen MR) is 348 cm³/mol. The molecule has 0 bridgehead atoms. The minimum Gasteiger partial charge on any atom is -0.462 e. The first-order chi connectivity index (χ1) is 39.5. The van der Waals surface area contributed by atoms with E-state index in [1.807, 2.05) is 0 Å². The summed E-state index contributed by atoms with van der Waals surface area (Å²) in [5.41, 5.74) is 0. The van der Waals surface area contributed by atoms with Crippen molar-refractivity contribution >= 4 is 17.9 Å². The van der Waals surface area contributed by atoms with Gasteiger partial charge in [-0.15, -0.1) is 0 Å². The molecule has 80 heavy (non-hydrogen) atoms. The van der Waals surface area contributed by atoms with Crippen molar-refractivity contribution in [3.8, 4) is 0 Å². The fourth-order valence-electron chi connectivity index (χ4n) is 8.69. The molecule has 0 radical (unpaired) electrons. The molecule has 0 aliphatic heterocycles. The number of ether oxygens (including phenoxy) is 3. The first kappa shape index (κ1) is 75.3. The van der Waals surface area contributed by atoms with Crippen molar-refractivity contribution < 1.29 is 28.6 Å². The van der Waals surface area contributed by atoms with Gasteiger partial charge >= 0.3 is 17.9 Å². The second-order valence-corrected chi connectivity index (χ2v) is 21.3.